The average Bonchev–Trinajstić information content (AvgIpc) is 2.28. The summed E-state index contributed by atoms with van der Waals surface area (Å²) in [6, 6.07) is 3.36. The van der Waals surface area contributed by atoms with E-state index in [2.05, 4.69) is 20.8 Å². The fourth-order valence-corrected chi connectivity index (χ4v) is 1.07. The first kappa shape index (κ1) is 12.4. The molecule has 1 heterocycles. The van der Waals surface area contributed by atoms with E-state index >= 15 is 0 Å². The van der Waals surface area contributed by atoms with E-state index < -0.39 is 0 Å². The molecule has 2 N–H and O–H groups in total. The maximum absolute atomic E-state index is 11.6. The summed E-state index contributed by atoms with van der Waals surface area (Å²) in [5, 5.41) is 13.2. The number of hydrogen-bond donors (Lipinski definition) is 2. The third-order valence-corrected chi connectivity index (χ3v) is 2.00. The molecule has 0 unspecified atom stereocenters. The van der Waals surface area contributed by atoms with Crippen LogP contribution in [0.4, 0.5) is 5.82 Å². The first-order valence-electron chi connectivity index (χ1n) is 5.08. The summed E-state index contributed by atoms with van der Waals surface area (Å²) >= 11 is 0. The Labute approximate surface area is 95.0 Å². The zero-order chi connectivity index (χ0) is 12.0. The molecule has 6 nitrogen and oxygen atoms in total. The molecule has 0 aliphatic rings. The van der Waals surface area contributed by atoms with Gasteiger partial charge in [0, 0.05) is 20.1 Å². The molecule has 0 radical (unpaired) electrons. The lowest BCUT2D eigenvalue weighted by Crippen LogP contribution is -2.31. The van der Waals surface area contributed by atoms with Crippen LogP contribution in [-0.4, -0.2) is 55.2 Å². The quantitative estimate of drug-likeness (QED) is 0.724. The van der Waals surface area contributed by atoms with Crippen LogP contribution in [0.5, 0.6) is 0 Å². The molecule has 0 bridgehead atoms. The Kier molecular flexibility index (Phi) is 4.65. The van der Waals surface area contributed by atoms with Crippen molar-refractivity contribution in [1.29, 1.82) is 0 Å². The van der Waals surface area contributed by atoms with Crippen LogP contribution in [0.25, 0.3) is 0 Å². The zero-order valence-corrected chi connectivity index (χ0v) is 9.82. The van der Waals surface area contributed by atoms with Crippen molar-refractivity contribution in [3.05, 3.63) is 17.8 Å². The van der Waals surface area contributed by atoms with Gasteiger partial charge < -0.3 is 15.5 Å². The SMILES string of the molecule is CNc1ccc(C(=O)NCCN(C)C)nn1. The molecular weight excluding hydrogens is 206 g/mol. The van der Waals surface area contributed by atoms with Crippen molar-refractivity contribution in [2.45, 2.75) is 0 Å². The highest BCUT2D eigenvalue weighted by Gasteiger charge is 2.06. The van der Waals surface area contributed by atoms with Gasteiger partial charge >= 0.3 is 0 Å². The fraction of sp³-hybridized carbons (Fsp3) is 0.500. The molecule has 0 aliphatic heterocycles. The molecule has 0 atom stereocenters. The molecule has 1 aromatic rings. The minimum absolute atomic E-state index is 0.197. The van der Waals surface area contributed by atoms with Gasteiger partial charge in [0.15, 0.2) is 5.69 Å². The number of aromatic nitrogens is 2. The summed E-state index contributed by atoms with van der Waals surface area (Å²) in [6.07, 6.45) is 0. The number of carbonyl (C=O) groups excluding carboxylic acids is 1. The second-order valence-electron chi connectivity index (χ2n) is 3.61. The van der Waals surface area contributed by atoms with Crippen molar-refractivity contribution in [2.75, 3.05) is 39.5 Å². The second kappa shape index (κ2) is 6.02. The fourth-order valence-electron chi connectivity index (χ4n) is 1.07. The van der Waals surface area contributed by atoms with E-state index in [0.717, 1.165) is 6.54 Å². The van der Waals surface area contributed by atoms with E-state index in [-0.39, 0.29) is 5.91 Å². The lowest BCUT2D eigenvalue weighted by Gasteiger charge is -2.09. The van der Waals surface area contributed by atoms with Gasteiger partial charge in [0.1, 0.15) is 5.82 Å². The number of rotatable bonds is 5. The standard InChI is InChI=1S/C10H17N5O/c1-11-9-5-4-8(13-14-9)10(16)12-6-7-15(2)3/h4-5H,6-7H2,1-3H3,(H,11,14)(H,12,16). The number of amides is 1. The first-order chi connectivity index (χ1) is 7.63. The molecule has 1 aromatic heterocycles. The van der Waals surface area contributed by atoms with Crippen LogP contribution < -0.4 is 10.6 Å². The summed E-state index contributed by atoms with van der Waals surface area (Å²) in [5.74, 6) is 0.446. The minimum Gasteiger partial charge on any atom is -0.372 e. The van der Waals surface area contributed by atoms with Crippen LogP contribution in [0.3, 0.4) is 0 Å². The maximum atomic E-state index is 11.6. The van der Waals surface area contributed by atoms with Crippen molar-refractivity contribution in [2.24, 2.45) is 0 Å². The Hall–Kier alpha value is -1.69. The number of likely N-dealkylation sites (N-methyl/N-ethyl adjacent to an activating group) is 1. The highest BCUT2D eigenvalue weighted by Crippen LogP contribution is 1.99. The zero-order valence-electron chi connectivity index (χ0n) is 9.82. The maximum Gasteiger partial charge on any atom is 0.271 e. The van der Waals surface area contributed by atoms with Gasteiger partial charge in [-0.25, -0.2) is 0 Å². The minimum atomic E-state index is -0.197. The van der Waals surface area contributed by atoms with Gasteiger partial charge in [0.2, 0.25) is 0 Å². The van der Waals surface area contributed by atoms with E-state index in [1.54, 1.807) is 19.2 Å². The van der Waals surface area contributed by atoms with Gasteiger partial charge in [-0.2, -0.15) is 0 Å². The van der Waals surface area contributed by atoms with Crippen LogP contribution in [0.1, 0.15) is 10.5 Å². The van der Waals surface area contributed by atoms with E-state index in [9.17, 15) is 4.79 Å². The summed E-state index contributed by atoms with van der Waals surface area (Å²) in [6.45, 7) is 1.40. The average molecular weight is 223 g/mol. The molecule has 6 heteroatoms. The lowest BCUT2D eigenvalue weighted by molar-refractivity contribution is 0.0945. The molecule has 16 heavy (non-hydrogen) atoms. The highest BCUT2D eigenvalue weighted by atomic mass is 16.1. The summed E-state index contributed by atoms with van der Waals surface area (Å²) in [4.78, 5) is 13.6. The van der Waals surface area contributed by atoms with Gasteiger partial charge in [-0.05, 0) is 26.2 Å². The predicted octanol–water partition coefficient (Wildman–Crippen LogP) is -0.190. The largest absolute Gasteiger partial charge is 0.372 e. The molecule has 88 valence electrons. The van der Waals surface area contributed by atoms with Gasteiger partial charge in [-0.15, -0.1) is 10.2 Å². The Morgan fingerprint density at radius 2 is 2.12 bits per heavy atom. The predicted molar refractivity (Wildman–Crippen MR) is 62.5 cm³/mol. The van der Waals surface area contributed by atoms with E-state index in [0.29, 0.717) is 18.1 Å². The van der Waals surface area contributed by atoms with Crippen molar-refractivity contribution in [3.8, 4) is 0 Å². The summed E-state index contributed by atoms with van der Waals surface area (Å²) < 4.78 is 0. The van der Waals surface area contributed by atoms with Crippen LogP contribution >= 0.6 is 0 Å². The van der Waals surface area contributed by atoms with Gasteiger partial charge in [0.25, 0.3) is 5.91 Å². The number of carbonyl (C=O) groups is 1. The van der Waals surface area contributed by atoms with Crippen LogP contribution in [-0.2, 0) is 0 Å². The lowest BCUT2D eigenvalue weighted by atomic mass is 10.3. The van der Waals surface area contributed by atoms with Crippen molar-refractivity contribution >= 4 is 11.7 Å². The molecule has 0 fully saturated rings. The van der Waals surface area contributed by atoms with Gasteiger partial charge in [0.05, 0.1) is 0 Å². The van der Waals surface area contributed by atoms with E-state index in [4.69, 9.17) is 0 Å². The summed E-state index contributed by atoms with van der Waals surface area (Å²) in [5.41, 5.74) is 0.331. The molecule has 0 spiro atoms. The number of nitrogens with one attached hydrogen (secondary N) is 2. The normalized spacial score (nSPS) is 10.2. The second-order valence-corrected chi connectivity index (χ2v) is 3.61. The molecule has 1 amide bonds. The molecule has 0 aromatic carbocycles. The van der Waals surface area contributed by atoms with E-state index in [1.807, 2.05) is 19.0 Å². The van der Waals surface area contributed by atoms with Crippen LogP contribution in [0.15, 0.2) is 12.1 Å². The molecule has 0 aliphatic carbocycles. The van der Waals surface area contributed by atoms with Gasteiger partial charge in [-0.1, -0.05) is 0 Å². The molecule has 1 rings (SSSR count). The number of nitrogens with zero attached hydrogens (tertiary/aromatic N) is 3. The van der Waals surface area contributed by atoms with Crippen LogP contribution in [0, 0.1) is 0 Å². The molecular formula is C10H17N5O. The van der Waals surface area contributed by atoms with E-state index in [1.165, 1.54) is 0 Å². The monoisotopic (exact) mass is 223 g/mol. The first-order valence-corrected chi connectivity index (χ1v) is 5.08. The topological polar surface area (TPSA) is 70.2 Å². The van der Waals surface area contributed by atoms with Crippen molar-refractivity contribution in [3.63, 3.8) is 0 Å². The smallest absolute Gasteiger partial charge is 0.271 e. The third kappa shape index (κ3) is 3.82. The Morgan fingerprint density at radius 3 is 2.62 bits per heavy atom. The summed E-state index contributed by atoms with van der Waals surface area (Å²) in [7, 11) is 5.65. The van der Waals surface area contributed by atoms with Crippen molar-refractivity contribution < 1.29 is 4.79 Å². The third-order valence-electron chi connectivity index (χ3n) is 2.00. The molecule has 0 saturated heterocycles. The molecule has 0 saturated carbocycles. The number of anilines is 1. The van der Waals surface area contributed by atoms with Crippen molar-refractivity contribution in [1.82, 2.24) is 20.4 Å². The Balaban J connectivity index is 2.46. The van der Waals surface area contributed by atoms with Crippen LogP contribution in [0.2, 0.25) is 0 Å². The Morgan fingerprint density at radius 1 is 1.38 bits per heavy atom. The number of hydrogen-bond acceptors (Lipinski definition) is 5. The highest BCUT2D eigenvalue weighted by molar-refractivity contribution is 5.92. The Bertz CT molecular complexity index is 336. The van der Waals surface area contributed by atoms with Gasteiger partial charge in [-0.3, -0.25) is 4.79 Å².